The van der Waals surface area contributed by atoms with Crippen LogP contribution in [0.15, 0.2) is 59.6 Å². The van der Waals surface area contributed by atoms with Gasteiger partial charge in [-0.25, -0.2) is 9.97 Å². The van der Waals surface area contributed by atoms with Crippen molar-refractivity contribution in [1.82, 2.24) is 9.97 Å². The largest absolute Gasteiger partial charge is 0.232 e. The molecule has 1 fully saturated rings. The molecule has 1 saturated carbocycles. The summed E-state index contributed by atoms with van der Waals surface area (Å²) in [5, 5.41) is 1.20. The fourth-order valence-electron chi connectivity index (χ4n) is 5.00. The molecule has 0 bridgehead atoms. The minimum atomic E-state index is 0.243. The van der Waals surface area contributed by atoms with Crippen LogP contribution in [-0.4, -0.2) is 16.2 Å². The second kappa shape index (κ2) is 6.79. The molecule has 1 aromatic heterocycles. The summed E-state index contributed by atoms with van der Waals surface area (Å²) in [6.07, 6.45) is 9.27. The molecule has 5 rings (SSSR count). The molecule has 27 heavy (non-hydrogen) atoms. The fourth-order valence-corrected chi connectivity index (χ4v) is 5.71. The maximum Gasteiger partial charge on any atom is 0.134 e. The number of nitrogens with zero attached hydrogens (tertiary/aromatic N) is 2. The molecule has 1 spiro atoms. The molecule has 0 unspecified atom stereocenters. The lowest BCUT2D eigenvalue weighted by atomic mass is 9.68. The summed E-state index contributed by atoms with van der Waals surface area (Å²) in [7, 11) is 0. The first kappa shape index (κ1) is 17.0. The third-order valence-corrected chi connectivity index (χ3v) is 6.89. The monoisotopic (exact) mass is 372 g/mol. The van der Waals surface area contributed by atoms with Gasteiger partial charge in [-0.2, -0.15) is 0 Å². The van der Waals surface area contributed by atoms with Crippen molar-refractivity contribution in [3.8, 4) is 11.3 Å². The number of benzene rings is 2. The molecule has 0 aliphatic heterocycles. The molecule has 2 aliphatic rings. The Morgan fingerprint density at radius 2 is 1.67 bits per heavy atom. The first-order chi connectivity index (χ1) is 13.3. The maximum absolute atomic E-state index is 5.15. The van der Waals surface area contributed by atoms with Gasteiger partial charge in [0.2, 0.25) is 0 Å². The Morgan fingerprint density at radius 3 is 2.44 bits per heavy atom. The second-order valence-electron chi connectivity index (χ2n) is 7.86. The van der Waals surface area contributed by atoms with Crippen molar-refractivity contribution in [2.75, 3.05) is 6.26 Å². The van der Waals surface area contributed by atoms with E-state index in [-0.39, 0.29) is 5.41 Å². The minimum Gasteiger partial charge on any atom is -0.232 e. The van der Waals surface area contributed by atoms with E-state index >= 15 is 0 Å². The summed E-state index contributed by atoms with van der Waals surface area (Å²) in [6, 6.07) is 19.4. The Bertz CT molecular complexity index is 975. The van der Waals surface area contributed by atoms with Crippen molar-refractivity contribution in [3.63, 3.8) is 0 Å². The van der Waals surface area contributed by atoms with E-state index < -0.39 is 0 Å². The molecule has 0 N–H and O–H groups in total. The molecular weight excluding hydrogens is 348 g/mol. The highest BCUT2D eigenvalue weighted by atomic mass is 32.2. The van der Waals surface area contributed by atoms with Crippen molar-refractivity contribution in [2.45, 2.75) is 49.0 Å². The molecule has 2 nitrogen and oxygen atoms in total. The number of fused-ring (bicyclic) bond motifs is 4. The van der Waals surface area contributed by atoms with Crippen LogP contribution in [0, 0.1) is 0 Å². The Morgan fingerprint density at radius 1 is 0.926 bits per heavy atom. The zero-order valence-electron chi connectivity index (χ0n) is 15.7. The summed E-state index contributed by atoms with van der Waals surface area (Å²) in [4.78, 5) is 10.2. The van der Waals surface area contributed by atoms with Crippen LogP contribution in [0.4, 0.5) is 0 Å². The van der Waals surface area contributed by atoms with Gasteiger partial charge in [-0.15, -0.1) is 11.8 Å². The van der Waals surface area contributed by atoms with Crippen molar-refractivity contribution >= 4 is 11.8 Å². The van der Waals surface area contributed by atoms with E-state index in [2.05, 4.69) is 60.9 Å². The highest BCUT2D eigenvalue weighted by Crippen LogP contribution is 2.53. The van der Waals surface area contributed by atoms with E-state index in [4.69, 9.17) is 9.97 Å². The van der Waals surface area contributed by atoms with Gasteiger partial charge >= 0.3 is 0 Å². The molecule has 0 amide bonds. The quantitative estimate of drug-likeness (QED) is 0.428. The second-order valence-corrected chi connectivity index (χ2v) is 8.65. The summed E-state index contributed by atoms with van der Waals surface area (Å²) >= 11 is 1.79. The molecule has 2 aromatic carbocycles. The van der Waals surface area contributed by atoms with Gasteiger partial charge in [0, 0.05) is 23.0 Å². The van der Waals surface area contributed by atoms with Crippen molar-refractivity contribution in [2.24, 2.45) is 0 Å². The average molecular weight is 373 g/mol. The molecule has 0 radical (unpaired) electrons. The predicted octanol–water partition coefficient (Wildman–Crippen LogP) is 5.82. The molecule has 1 heterocycles. The van der Waals surface area contributed by atoms with Crippen LogP contribution in [0.5, 0.6) is 0 Å². The summed E-state index contributed by atoms with van der Waals surface area (Å²) in [5.41, 5.74) is 6.92. The van der Waals surface area contributed by atoms with Crippen LogP contribution in [0.2, 0.25) is 0 Å². The highest BCUT2D eigenvalue weighted by molar-refractivity contribution is 7.98. The van der Waals surface area contributed by atoms with E-state index in [1.54, 1.807) is 11.8 Å². The average Bonchev–Trinajstić information content (AvgIpc) is 3.17. The van der Waals surface area contributed by atoms with Crippen LogP contribution in [-0.2, 0) is 18.3 Å². The molecule has 2 aliphatic carbocycles. The molecule has 136 valence electrons. The summed E-state index contributed by atoms with van der Waals surface area (Å²) in [6.45, 7) is 0. The molecule has 0 atom stereocenters. The predicted molar refractivity (Wildman–Crippen MR) is 112 cm³/mol. The summed E-state index contributed by atoms with van der Waals surface area (Å²) in [5.74, 6) is 0.939. The van der Waals surface area contributed by atoms with Crippen LogP contribution >= 0.6 is 11.8 Å². The number of aromatic nitrogens is 2. The molecular formula is C24H24N2S. The molecule has 3 heteroatoms. The smallest absolute Gasteiger partial charge is 0.134 e. The first-order valence-corrected chi connectivity index (χ1v) is 11.1. The van der Waals surface area contributed by atoms with Gasteiger partial charge in [0.25, 0.3) is 0 Å². The minimum absolute atomic E-state index is 0.243. The van der Waals surface area contributed by atoms with Gasteiger partial charge < -0.3 is 0 Å². The lowest BCUT2D eigenvalue weighted by Crippen LogP contribution is -2.31. The van der Waals surface area contributed by atoms with Crippen LogP contribution in [0.3, 0.4) is 0 Å². The highest BCUT2D eigenvalue weighted by Gasteiger charge is 2.43. The maximum atomic E-state index is 5.15. The summed E-state index contributed by atoms with van der Waals surface area (Å²) < 4.78 is 0. The van der Waals surface area contributed by atoms with Crippen molar-refractivity contribution in [1.29, 1.82) is 0 Å². The van der Waals surface area contributed by atoms with Crippen LogP contribution < -0.4 is 0 Å². The standard InChI is InChI=1S/C24H24N2S/c1-27-23-21-22(25-20(26-23)15-17-9-3-2-4-10-17)19-12-6-5-11-18(19)16-24(21)13-7-8-14-24/h2-6,9-12H,7-8,13-16H2,1H3. The van der Waals surface area contributed by atoms with Gasteiger partial charge in [-0.3, -0.25) is 0 Å². The van der Waals surface area contributed by atoms with Crippen molar-refractivity contribution in [3.05, 3.63) is 77.1 Å². The fraction of sp³-hybridized carbons (Fsp3) is 0.333. The van der Waals surface area contributed by atoms with Gasteiger partial charge in [-0.05, 0) is 36.6 Å². The van der Waals surface area contributed by atoms with Gasteiger partial charge in [0.15, 0.2) is 0 Å². The third kappa shape index (κ3) is 2.89. The number of thioether (sulfide) groups is 1. The van der Waals surface area contributed by atoms with Gasteiger partial charge in [0.05, 0.1) is 5.69 Å². The van der Waals surface area contributed by atoms with Crippen LogP contribution in [0.25, 0.3) is 11.3 Å². The third-order valence-electron chi connectivity index (χ3n) is 6.21. The zero-order chi connectivity index (χ0) is 18.3. The SMILES string of the molecule is CSc1nc(Cc2ccccc2)nc2c1C1(CCCC1)Cc1ccccc1-2. The van der Waals surface area contributed by atoms with E-state index in [0.717, 1.165) is 18.7 Å². The number of hydrogen-bond acceptors (Lipinski definition) is 3. The zero-order valence-corrected chi connectivity index (χ0v) is 16.6. The van der Waals surface area contributed by atoms with Crippen molar-refractivity contribution < 1.29 is 0 Å². The van der Waals surface area contributed by atoms with Gasteiger partial charge in [-0.1, -0.05) is 67.4 Å². The normalized spacial score (nSPS) is 16.9. The first-order valence-electron chi connectivity index (χ1n) is 9.87. The van der Waals surface area contributed by atoms with Gasteiger partial charge in [0.1, 0.15) is 10.9 Å². The van der Waals surface area contributed by atoms with E-state index in [1.165, 1.54) is 58.7 Å². The lowest BCUT2D eigenvalue weighted by Gasteiger charge is -2.37. The van der Waals surface area contributed by atoms with Crippen LogP contribution in [0.1, 0.15) is 48.2 Å². The Labute approximate surface area is 165 Å². The number of hydrogen-bond donors (Lipinski definition) is 0. The van der Waals surface area contributed by atoms with E-state index in [1.807, 2.05) is 0 Å². The Kier molecular flexibility index (Phi) is 4.28. The Balaban J connectivity index is 1.70. The van der Waals surface area contributed by atoms with E-state index in [0.29, 0.717) is 0 Å². The number of rotatable bonds is 3. The lowest BCUT2D eigenvalue weighted by molar-refractivity contribution is 0.419. The molecule has 0 saturated heterocycles. The van der Waals surface area contributed by atoms with E-state index in [9.17, 15) is 0 Å². The molecule has 3 aromatic rings. The Hall–Kier alpha value is -2.13. The topological polar surface area (TPSA) is 25.8 Å².